The zero-order chi connectivity index (χ0) is 10.2. The lowest BCUT2D eigenvalue weighted by molar-refractivity contribution is -0.0958. The van der Waals surface area contributed by atoms with Gasteiger partial charge in [0.2, 0.25) is 0 Å². The van der Waals surface area contributed by atoms with Crippen molar-refractivity contribution in [3.8, 4) is 0 Å². The monoisotopic (exact) mass is 231 g/mol. The van der Waals surface area contributed by atoms with Crippen molar-refractivity contribution in [1.29, 1.82) is 0 Å². The number of morpholine rings is 1. The Morgan fingerprint density at radius 1 is 1.60 bits per heavy atom. The molecular weight excluding hydrogens is 214 g/mol. The standard InChI is InChI=1S/C10H17N3O.ClH/c1-10(2)7-11-5-9(14-10)8-4-12-13(3)6-8;/h4,6,9,11H,5,7H2,1-3H3;1H. The third-order valence-electron chi connectivity index (χ3n) is 2.44. The van der Waals surface area contributed by atoms with E-state index in [-0.39, 0.29) is 24.1 Å². The van der Waals surface area contributed by atoms with Crippen molar-refractivity contribution in [2.24, 2.45) is 7.05 Å². The van der Waals surface area contributed by atoms with E-state index in [2.05, 4.69) is 24.3 Å². The van der Waals surface area contributed by atoms with E-state index in [1.807, 2.05) is 19.4 Å². The van der Waals surface area contributed by atoms with Crippen LogP contribution in [0.1, 0.15) is 25.5 Å². The topological polar surface area (TPSA) is 39.1 Å². The quantitative estimate of drug-likeness (QED) is 0.792. The Hall–Kier alpha value is -0.580. The highest BCUT2D eigenvalue weighted by Crippen LogP contribution is 2.26. The molecule has 0 aromatic carbocycles. The highest BCUT2D eigenvalue weighted by molar-refractivity contribution is 5.85. The summed E-state index contributed by atoms with van der Waals surface area (Å²) in [6.07, 6.45) is 4.01. The number of aromatic nitrogens is 2. The van der Waals surface area contributed by atoms with E-state index in [0.29, 0.717) is 0 Å². The number of hydrogen-bond acceptors (Lipinski definition) is 3. The lowest BCUT2D eigenvalue weighted by Gasteiger charge is -2.36. The van der Waals surface area contributed by atoms with Crippen molar-refractivity contribution in [2.45, 2.75) is 25.6 Å². The summed E-state index contributed by atoms with van der Waals surface area (Å²) in [7, 11) is 1.92. The molecule has 1 fully saturated rings. The number of nitrogens with zero attached hydrogens (tertiary/aromatic N) is 2. The molecule has 0 saturated carbocycles. The molecule has 0 radical (unpaired) electrons. The summed E-state index contributed by atoms with van der Waals surface area (Å²) in [6.45, 7) is 5.98. The molecule has 1 aliphatic heterocycles. The van der Waals surface area contributed by atoms with E-state index >= 15 is 0 Å². The minimum absolute atomic E-state index is 0. The summed E-state index contributed by atoms with van der Waals surface area (Å²) in [5.41, 5.74) is 1.06. The van der Waals surface area contributed by atoms with E-state index in [1.54, 1.807) is 4.68 Å². The Labute approximate surface area is 96.4 Å². The van der Waals surface area contributed by atoms with Crippen molar-refractivity contribution in [3.63, 3.8) is 0 Å². The maximum atomic E-state index is 5.96. The second-order valence-electron chi connectivity index (χ2n) is 4.44. The van der Waals surface area contributed by atoms with Gasteiger partial charge in [-0.05, 0) is 13.8 Å². The summed E-state index contributed by atoms with van der Waals surface area (Å²) < 4.78 is 7.76. The number of rotatable bonds is 1. The van der Waals surface area contributed by atoms with Gasteiger partial charge in [-0.1, -0.05) is 0 Å². The van der Waals surface area contributed by atoms with Crippen LogP contribution in [0.25, 0.3) is 0 Å². The zero-order valence-electron chi connectivity index (χ0n) is 9.36. The first-order chi connectivity index (χ1) is 6.57. The third kappa shape index (κ3) is 2.93. The molecule has 1 aliphatic rings. The molecule has 1 N–H and O–H groups in total. The first-order valence-electron chi connectivity index (χ1n) is 4.94. The summed E-state index contributed by atoms with van der Waals surface area (Å²) in [5, 5.41) is 7.52. The maximum absolute atomic E-state index is 5.96. The van der Waals surface area contributed by atoms with Crippen LogP contribution in [0.2, 0.25) is 0 Å². The number of aryl methyl sites for hydroxylation is 1. The molecule has 0 spiro atoms. The Bertz CT molecular complexity index is 324. The predicted octanol–water partition coefficient (Wildman–Crippen LogP) is 1.28. The fourth-order valence-electron chi connectivity index (χ4n) is 1.77. The van der Waals surface area contributed by atoms with E-state index < -0.39 is 0 Å². The third-order valence-corrected chi connectivity index (χ3v) is 2.44. The van der Waals surface area contributed by atoms with Crippen LogP contribution in [0.4, 0.5) is 0 Å². The fourth-order valence-corrected chi connectivity index (χ4v) is 1.77. The SMILES string of the molecule is Cl.Cn1cc(C2CNCC(C)(C)O2)cn1. The Morgan fingerprint density at radius 2 is 2.33 bits per heavy atom. The Balaban J connectivity index is 0.00000112. The van der Waals surface area contributed by atoms with Gasteiger partial charge in [0.25, 0.3) is 0 Å². The van der Waals surface area contributed by atoms with Crippen LogP contribution in [0, 0.1) is 0 Å². The van der Waals surface area contributed by atoms with Crippen molar-refractivity contribution < 1.29 is 4.74 Å². The van der Waals surface area contributed by atoms with Gasteiger partial charge in [-0.25, -0.2) is 0 Å². The second kappa shape index (κ2) is 4.51. The summed E-state index contributed by atoms with van der Waals surface area (Å²) in [6, 6.07) is 0. The number of ether oxygens (including phenoxy) is 1. The lowest BCUT2D eigenvalue weighted by atomic mass is 10.1. The molecular formula is C10H18ClN3O. The van der Waals surface area contributed by atoms with Crippen LogP contribution in [-0.4, -0.2) is 28.5 Å². The number of halogens is 1. The van der Waals surface area contributed by atoms with Gasteiger partial charge in [-0.15, -0.1) is 12.4 Å². The molecule has 1 aromatic rings. The highest BCUT2D eigenvalue weighted by atomic mass is 35.5. The molecule has 1 unspecified atom stereocenters. The first-order valence-corrected chi connectivity index (χ1v) is 4.94. The van der Waals surface area contributed by atoms with Crippen LogP contribution < -0.4 is 5.32 Å². The minimum Gasteiger partial charge on any atom is -0.365 e. The van der Waals surface area contributed by atoms with Gasteiger partial charge >= 0.3 is 0 Å². The van der Waals surface area contributed by atoms with Gasteiger partial charge in [0.1, 0.15) is 0 Å². The molecule has 1 atom stereocenters. The second-order valence-corrected chi connectivity index (χ2v) is 4.44. The summed E-state index contributed by atoms with van der Waals surface area (Å²) >= 11 is 0. The van der Waals surface area contributed by atoms with Crippen LogP contribution in [-0.2, 0) is 11.8 Å². The molecule has 0 bridgehead atoms. The highest BCUT2D eigenvalue weighted by Gasteiger charge is 2.29. The maximum Gasteiger partial charge on any atom is 0.0987 e. The first kappa shape index (κ1) is 12.5. The van der Waals surface area contributed by atoms with Gasteiger partial charge in [0.05, 0.1) is 17.9 Å². The van der Waals surface area contributed by atoms with Crippen molar-refractivity contribution in [2.75, 3.05) is 13.1 Å². The average Bonchev–Trinajstić information content (AvgIpc) is 2.50. The van der Waals surface area contributed by atoms with Crippen LogP contribution in [0.3, 0.4) is 0 Å². The Kier molecular flexibility index (Phi) is 3.76. The van der Waals surface area contributed by atoms with Gasteiger partial charge in [0.15, 0.2) is 0 Å². The molecule has 2 rings (SSSR count). The van der Waals surface area contributed by atoms with E-state index in [9.17, 15) is 0 Å². The van der Waals surface area contributed by atoms with Crippen molar-refractivity contribution in [1.82, 2.24) is 15.1 Å². The van der Waals surface area contributed by atoms with Crippen LogP contribution in [0.15, 0.2) is 12.4 Å². The molecule has 15 heavy (non-hydrogen) atoms. The molecule has 0 amide bonds. The number of hydrogen-bond donors (Lipinski definition) is 1. The Morgan fingerprint density at radius 3 is 2.87 bits per heavy atom. The van der Waals surface area contributed by atoms with Gasteiger partial charge in [-0.3, -0.25) is 4.68 Å². The molecule has 86 valence electrons. The normalized spacial score (nSPS) is 24.6. The van der Waals surface area contributed by atoms with Gasteiger partial charge < -0.3 is 10.1 Å². The van der Waals surface area contributed by atoms with Crippen molar-refractivity contribution in [3.05, 3.63) is 18.0 Å². The van der Waals surface area contributed by atoms with E-state index in [1.165, 1.54) is 0 Å². The van der Waals surface area contributed by atoms with E-state index in [0.717, 1.165) is 18.7 Å². The van der Waals surface area contributed by atoms with Gasteiger partial charge in [0, 0.05) is 31.9 Å². The smallest absolute Gasteiger partial charge is 0.0987 e. The van der Waals surface area contributed by atoms with Gasteiger partial charge in [-0.2, -0.15) is 5.10 Å². The molecule has 1 saturated heterocycles. The average molecular weight is 232 g/mol. The van der Waals surface area contributed by atoms with Crippen molar-refractivity contribution >= 4 is 12.4 Å². The largest absolute Gasteiger partial charge is 0.365 e. The number of nitrogens with one attached hydrogen (secondary N) is 1. The molecule has 0 aliphatic carbocycles. The molecule has 4 nitrogen and oxygen atoms in total. The van der Waals surface area contributed by atoms with Crippen LogP contribution in [0.5, 0.6) is 0 Å². The lowest BCUT2D eigenvalue weighted by Crippen LogP contribution is -2.46. The zero-order valence-corrected chi connectivity index (χ0v) is 10.2. The summed E-state index contributed by atoms with van der Waals surface area (Å²) in [5.74, 6) is 0. The van der Waals surface area contributed by atoms with Crippen LogP contribution >= 0.6 is 12.4 Å². The summed E-state index contributed by atoms with van der Waals surface area (Å²) in [4.78, 5) is 0. The molecule has 2 heterocycles. The van der Waals surface area contributed by atoms with E-state index in [4.69, 9.17) is 4.74 Å². The minimum atomic E-state index is -0.0846. The molecule has 1 aromatic heterocycles. The fraction of sp³-hybridized carbons (Fsp3) is 0.700. The molecule has 5 heteroatoms. The predicted molar refractivity (Wildman–Crippen MR) is 61.2 cm³/mol.